The van der Waals surface area contributed by atoms with E-state index >= 15 is 0 Å². The van der Waals surface area contributed by atoms with Crippen molar-refractivity contribution in [3.8, 4) is 0 Å². The zero-order valence-corrected chi connectivity index (χ0v) is 49.2. The number of nitrogens with two attached hydrogens (primary N) is 4. The summed E-state index contributed by atoms with van der Waals surface area (Å²) in [6.07, 6.45) is -4.09. The number of amides is 10. The van der Waals surface area contributed by atoms with E-state index in [0.717, 1.165) is 0 Å². The number of hydrogen-bond acceptors (Lipinski definition) is 16. The Morgan fingerprint density at radius 2 is 1.07 bits per heavy atom. The largest absolute Gasteiger partial charge is 0.481 e. The minimum absolute atomic E-state index is 0.0102. The molecule has 11 atom stereocenters. The Kier molecular flexibility index (Phi) is 29.3. The molecule has 0 aliphatic carbocycles. The molecule has 1 aromatic rings. The molecule has 0 radical (unpaired) electrons. The number of guanidine groups is 1. The van der Waals surface area contributed by atoms with Crippen LogP contribution in [-0.2, 0) is 68.7 Å². The normalized spacial score (nSPS) is 17.9. The smallest absolute Gasteiger partial charge is 0.326 e. The number of carbonyl (C=O) groups excluding carboxylic acids is 10. The van der Waals surface area contributed by atoms with Crippen molar-refractivity contribution in [2.75, 3.05) is 19.6 Å². The lowest BCUT2D eigenvalue weighted by atomic mass is 10.0. The number of primary amides is 1. The van der Waals surface area contributed by atoms with Crippen LogP contribution < -0.4 is 60.2 Å². The molecule has 478 valence electrons. The van der Waals surface area contributed by atoms with Gasteiger partial charge >= 0.3 is 17.9 Å². The molecule has 0 unspecified atom stereocenters. The number of aliphatic hydroxyl groups is 1. The van der Waals surface area contributed by atoms with Gasteiger partial charge in [-0.1, -0.05) is 58.0 Å². The summed E-state index contributed by atoms with van der Waals surface area (Å²) >= 11 is 0. The number of aliphatic imine (C=N–C) groups is 1. The van der Waals surface area contributed by atoms with Gasteiger partial charge in [-0.15, -0.1) is 0 Å². The zero-order valence-electron chi connectivity index (χ0n) is 49.2. The number of hydrogen-bond donors (Lipinski definition) is 15. The summed E-state index contributed by atoms with van der Waals surface area (Å²) in [7, 11) is 0. The van der Waals surface area contributed by atoms with E-state index in [1.54, 1.807) is 58.0 Å². The second-order valence-corrected chi connectivity index (χ2v) is 22.2. The number of benzene rings is 1. The van der Waals surface area contributed by atoms with Crippen LogP contribution in [0, 0.1) is 11.8 Å². The van der Waals surface area contributed by atoms with Gasteiger partial charge in [0.25, 0.3) is 0 Å². The average Bonchev–Trinajstić information content (AvgIpc) is 3.57. The van der Waals surface area contributed by atoms with E-state index in [9.17, 15) is 77.6 Å². The van der Waals surface area contributed by atoms with E-state index in [2.05, 4.69) is 42.2 Å². The quantitative estimate of drug-likeness (QED) is 0.0174. The van der Waals surface area contributed by atoms with Gasteiger partial charge in [-0.3, -0.25) is 62.5 Å². The number of aliphatic hydroxyl groups excluding tert-OH is 1. The van der Waals surface area contributed by atoms with Crippen molar-refractivity contribution < 1.29 is 82.8 Å². The molecule has 86 heavy (non-hydrogen) atoms. The molecule has 0 saturated carbocycles. The first-order valence-corrected chi connectivity index (χ1v) is 28.6. The Labute approximate surface area is 497 Å². The van der Waals surface area contributed by atoms with Crippen molar-refractivity contribution in [1.29, 1.82) is 0 Å². The van der Waals surface area contributed by atoms with E-state index < -0.39 is 169 Å². The molecule has 31 nitrogen and oxygen atoms in total. The van der Waals surface area contributed by atoms with Gasteiger partial charge in [0.15, 0.2) is 5.96 Å². The Hall–Kier alpha value is -8.48. The van der Waals surface area contributed by atoms with Gasteiger partial charge in [0.05, 0.1) is 12.1 Å². The van der Waals surface area contributed by atoms with Gasteiger partial charge in [0, 0.05) is 45.3 Å². The number of nitrogens with one attached hydrogen (secondary N) is 7. The molecule has 2 saturated heterocycles. The van der Waals surface area contributed by atoms with Crippen molar-refractivity contribution in [3.05, 3.63) is 35.9 Å². The highest BCUT2D eigenvalue weighted by atomic mass is 16.4. The highest BCUT2D eigenvalue weighted by molar-refractivity contribution is 5.99. The molecule has 2 fully saturated rings. The van der Waals surface area contributed by atoms with Gasteiger partial charge in [-0.2, -0.15) is 0 Å². The molecule has 2 heterocycles. The van der Waals surface area contributed by atoms with Crippen LogP contribution in [-0.4, -0.2) is 199 Å². The van der Waals surface area contributed by atoms with E-state index in [0.29, 0.717) is 18.4 Å². The number of likely N-dealkylation sites (tertiary alicyclic amines) is 2. The summed E-state index contributed by atoms with van der Waals surface area (Å²) in [5.74, 6) is -13.9. The molecule has 1 aromatic carbocycles. The van der Waals surface area contributed by atoms with Crippen LogP contribution in [0.2, 0.25) is 0 Å². The lowest BCUT2D eigenvalue weighted by molar-refractivity contribution is -0.148. The van der Waals surface area contributed by atoms with Crippen LogP contribution in [0.1, 0.15) is 124 Å². The third-order valence-electron chi connectivity index (χ3n) is 14.4. The maximum atomic E-state index is 14.7. The minimum atomic E-state index is -1.76. The monoisotopic (exact) mass is 1210 g/mol. The van der Waals surface area contributed by atoms with E-state index in [1.165, 1.54) is 16.7 Å². The van der Waals surface area contributed by atoms with Crippen molar-refractivity contribution >= 4 is 82.9 Å². The van der Waals surface area contributed by atoms with E-state index in [1.807, 2.05) is 0 Å². The number of nitrogens with zero attached hydrogens (tertiary/aromatic N) is 3. The summed E-state index contributed by atoms with van der Waals surface area (Å²) < 4.78 is 0. The Balaban J connectivity index is 1.88. The van der Waals surface area contributed by atoms with Gasteiger partial charge in [-0.05, 0) is 88.5 Å². The highest BCUT2D eigenvalue weighted by Crippen LogP contribution is 2.27. The first-order chi connectivity index (χ1) is 40.4. The zero-order chi connectivity index (χ0) is 64.5. The molecular formula is C55H86N14O17. The summed E-state index contributed by atoms with van der Waals surface area (Å²) in [5.41, 5.74) is 23.3. The summed E-state index contributed by atoms with van der Waals surface area (Å²) in [6.45, 7) is 8.03. The molecule has 0 aromatic heterocycles. The summed E-state index contributed by atoms with van der Waals surface area (Å²) in [6, 6.07) is -5.56. The molecule has 10 amide bonds. The molecule has 2 aliphatic heterocycles. The Bertz CT molecular complexity index is 2600. The van der Waals surface area contributed by atoms with Gasteiger partial charge in [0.2, 0.25) is 59.1 Å². The van der Waals surface area contributed by atoms with Gasteiger partial charge in [-0.25, -0.2) is 4.79 Å². The molecule has 19 N–H and O–H groups in total. The van der Waals surface area contributed by atoms with Crippen LogP contribution in [0.4, 0.5) is 0 Å². The summed E-state index contributed by atoms with van der Waals surface area (Å²) in [5, 5.41) is 56.2. The van der Waals surface area contributed by atoms with Crippen LogP contribution >= 0.6 is 0 Å². The first kappa shape index (κ1) is 71.8. The lowest BCUT2D eigenvalue weighted by Gasteiger charge is -2.34. The van der Waals surface area contributed by atoms with Crippen LogP contribution in [0.15, 0.2) is 35.3 Å². The number of carbonyl (C=O) groups is 13. The predicted molar refractivity (Wildman–Crippen MR) is 307 cm³/mol. The predicted octanol–water partition coefficient (Wildman–Crippen LogP) is -3.85. The third kappa shape index (κ3) is 23.5. The van der Waals surface area contributed by atoms with Crippen molar-refractivity contribution in [1.82, 2.24) is 47.0 Å². The van der Waals surface area contributed by atoms with Crippen molar-refractivity contribution in [3.63, 3.8) is 0 Å². The minimum Gasteiger partial charge on any atom is -0.481 e. The Morgan fingerprint density at radius 3 is 1.59 bits per heavy atom. The Morgan fingerprint density at radius 1 is 0.581 bits per heavy atom. The number of carboxylic acids is 3. The number of rotatable bonds is 36. The molecule has 31 heteroatoms. The van der Waals surface area contributed by atoms with E-state index in [4.69, 9.17) is 28.0 Å². The average molecular weight is 1220 g/mol. The fourth-order valence-electron chi connectivity index (χ4n) is 9.70. The molecule has 0 spiro atoms. The SMILES string of the molecule is CC(C)C[C@H](NC(=O)[C@@H](NC(=O)[C@@H]1CCCN1C(=O)[C@@H]1CCCN1C(=O)[C@H](CCCN=C(N)N)NC(=O)[C@H](CCC(N)=O)NC(=O)[C@H](Cc1ccccc1)NC(=O)[C@@H](N)C(C)C)[C@@H](C)O)C(=O)N[C@@H](CCC(=O)O)C(=O)N[C@@H](CCC(=O)O)C(=O)O. The fraction of sp³-hybridized carbons (Fsp3) is 0.636. The standard InChI is InChI=1S/C55H86N14O17/c1-28(2)26-36(47(78)62-33(18-21-41(72)73)46(77)64-35(54(85)86)19-22-42(74)75)66-51(82)44(30(5)70)67-49(80)38-15-10-24-68(38)53(84)39-16-11-25-69(39)52(83)34(14-9-23-60-55(58)59)63-45(76)32(17-20-40(56)71)61-48(79)37(27-31-12-7-6-8-13-31)65-50(81)43(57)29(3)4/h6-8,12-13,28-30,32-39,43-44,70H,9-11,14-27,57H2,1-5H3,(H2,56,71)(H,61,79)(H,62,78)(H,63,76)(H,64,77)(H,65,81)(H,66,82)(H,67,80)(H,72,73)(H,74,75)(H,85,86)(H4,58,59,60)/t30-,32+,33+,34+,35+,36+,37+,38+,39+,43+,44+/m1/s1. The van der Waals surface area contributed by atoms with Crippen LogP contribution in [0.5, 0.6) is 0 Å². The van der Waals surface area contributed by atoms with Crippen molar-refractivity contribution in [2.24, 2.45) is 39.8 Å². The van der Waals surface area contributed by atoms with Gasteiger partial charge in [0.1, 0.15) is 54.4 Å². The van der Waals surface area contributed by atoms with Crippen LogP contribution in [0.25, 0.3) is 0 Å². The second-order valence-electron chi connectivity index (χ2n) is 22.2. The first-order valence-electron chi connectivity index (χ1n) is 28.6. The second kappa shape index (κ2) is 35.1. The molecule has 2 aliphatic rings. The number of carboxylic acid groups (broad SMARTS) is 3. The summed E-state index contributed by atoms with van der Waals surface area (Å²) in [4.78, 5) is 179. The van der Waals surface area contributed by atoms with Gasteiger partial charge < -0.3 is 90.4 Å². The van der Waals surface area contributed by atoms with E-state index in [-0.39, 0.29) is 88.8 Å². The van der Waals surface area contributed by atoms with Crippen molar-refractivity contribution in [2.45, 2.75) is 191 Å². The molecule has 0 bridgehead atoms. The number of aliphatic carboxylic acids is 3. The third-order valence-corrected chi connectivity index (χ3v) is 14.4. The fourth-order valence-corrected chi connectivity index (χ4v) is 9.70. The van der Waals surface area contributed by atoms with Crippen LogP contribution in [0.3, 0.4) is 0 Å². The lowest BCUT2D eigenvalue weighted by Crippen LogP contribution is -2.61. The molecular weight excluding hydrogens is 1130 g/mol. The molecule has 3 rings (SSSR count). The highest BCUT2D eigenvalue weighted by Gasteiger charge is 2.45. The maximum absolute atomic E-state index is 14.7. The topological polar surface area (TPSA) is 510 Å². The maximum Gasteiger partial charge on any atom is 0.326 e.